The molecule has 0 bridgehead atoms. The number of rotatable bonds is 7. The van der Waals surface area contributed by atoms with Crippen LogP contribution >= 0.6 is 0 Å². The van der Waals surface area contributed by atoms with Crippen LogP contribution < -0.4 is 19.7 Å². The number of benzene rings is 2. The van der Waals surface area contributed by atoms with Crippen molar-refractivity contribution in [3.8, 4) is 11.5 Å². The van der Waals surface area contributed by atoms with Gasteiger partial charge < -0.3 is 19.7 Å². The molecule has 0 atom stereocenters. The van der Waals surface area contributed by atoms with Crippen molar-refractivity contribution in [3.05, 3.63) is 47.5 Å². The van der Waals surface area contributed by atoms with Gasteiger partial charge in [0.15, 0.2) is 11.5 Å². The first kappa shape index (κ1) is 18.1. The van der Waals surface area contributed by atoms with Crippen molar-refractivity contribution < 1.29 is 14.3 Å². The van der Waals surface area contributed by atoms with E-state index in [1.807, 2.05) is 19.9 Å². The van der Waals surface area contributed by atoms with Crippen molar-refractivity contribution >= 4 is 17.3 Å². The number of hydrogen-bond acceptors (Lipinski definition) is 4. The largest absolute Gasteiger partial charge is 0.490 e. The summed E-state index contributed by atoms with van der Waals surface area (Å²) in [4.78, 5) is 15.0. The maximum Gasteiger partial charge on any atom is 0.255 e. The van der Waals surface area contributed by atoms with E-state index < -0.39 is 0 Å². The molecule has 0 aromatic heterocycles. The Labute approximate surface area is 154 Å². The number of ether oxygens (including phenoxy) is 2. The summed E-state index contributed by atoms with van der Waals surface area (Å²) in [6.45, 7) is 9.06. The highest BCUT2D eigenvalue weighted by Gasteiger charge is 2.18. The smallest absolute Gasteiger partial charge is 0.255 e. The lowest BCUT2D eigenvalue weighted by Crippen LogP contribution is -2.19. The third-order valence-corrected chi connectivity index (χ3v) is 4.52. The number of fused-ring (bicyclic) bond motifs is 1. The van der Waals surface area contributed by atoms with Crippen LogP contribution in [0.3, 0.4) is 0 Å². The fourth-order valence-electron chi connectivity index (χ4n) is 3.25. The zero-order valence-electron chi connectivity index (χ0n) is 15.7. The third kappa shape index (κ3) is 3.77. The van der Waals surface area contributed by atoms with E-state index in [0.717, 1.165) is 25.2 Å². The quantitative estimate of drug-likeness (QED) is 0.813. The van der Waals surface area contributed by atoms with Crippen LogP contribution in [0.1, 0.15) is 36.7 Å². The Bertz CT molecular complexity index is 789. The highest BCUT2D eigenvalue weighted by Crippen LogP contribution is 2.32. The number of anilines is 2. The first-order valence-corrected chi connectivity index (χ1v) is 9.25. The molecule has 5 heteroatoms. The lowest BCUT2D eigenvalue weighted by Gasteiger charge is -2.17. The van der Waals surface area contributed by atoms with Crippen molar-refractivity contribution in [1.82, 2.24) is 0 Å². The van der Waals surface area contributed by atoms with Crippen molar-refractivity contribution in [2.75, 3.05) is 36.5 Å². The predicted molar refractivity (Wildman–Crippen MR) is 105 cm³/mol. The van der Waals surface area contributed by atoms with Crippen LogP contribution in [0.5, 0.6) is 11.5 Å². The zero-order chi connectivity index (χ0) is 18.5. The van der Waals surface area contributed by atoms with Crippen molar-refractivity contribution in [2.45, 2.75) is 27.2 Å². The molecule has 2 aromatic rings. The number of carbonyl (C=O) groups is 1. The molecule has 2 aromatic carbocycles. The second-order valence-electron chi connectivity index (χ2n) is 6.15. The van der Waals surface area contributed by atoms with Gasteiger partial charge in [0.1, 0.15) is 0 Å². The van der Waals surface area contributed by atoms with E-state index in [1.54, 1.807) is 18.2 Å². The minimum Gasteiger partial charge on any atom is -0.490 e. The molecular formula is C21H26N2O3. The summed E-state index contributed by atoms with van der Waals surface area (Å²) in [5, 5.41) is 2.99. The van der Waals surface area contributed by atoms with Crippen molar-refractivity contribution in [2.24, 2.45) is 0 Å². The Morgan fingerprint density at radius 2 is 1.81 bits per heavy atom. The van der Waals surface area contributed by atoms with E-state index in [0.29, 0.717) is 30.3 Å². The van der Waals surface area contributed by atoms with Gasteiger partial charge in [0, 0.05) is 30.0 Å². The number of carbonyl (C=O) groups excluding carboxylic acids is 1. The number of nitrogens with one attached hydrogen (secondary N) is 1. The van der Waals surface area contributed by atoms with Gasteiger partial charge in [-0.25, -0.2) is 0 Å². The molecule has 26 heavy (non-hydrogen) atoms. The maximum atomic E-state index is 12.7. The minimum atomic E-state index is -0.157. The lowest BCUT2D eigenvalue weighted by atomic mass is 10.1. The Morgan fingerprint density at radius 1 is 1.04 bits per heavy atom. The standard InChI is InChI=1S/C21H26N2O3/c1-4-23-12-11-15-7-9-17(14-18(15)23)22-21(24)16-8-10-19(25-5-2)20(13-16)26-6-3/h7-10,13-14H,4-6,11-12H2,1-3H3,(H,22,24). The molecule has 0 fully saturated rings. The van der Waals surface area contributed by atoms with E-state index >= 15 is 0 Å². The first-order chi connectivity index (χ1) is 12.7. The van der Waals surface area contributed by atoms with Crippen LogP contribution in [0.25, 0.3) is 0 Å². The fourth-order valence-corrected chi connectivity index (χ4v) is 3.25. The molecule has 1 aliphatic rings. The average Bonchev–Trinajstić information content (AvgIpc) is 3.06. The second kappa shape index (κ2) is 8.13. The Hall–Kier alpha value is -2.69. The van der Waals surface area contributed by atoms with Gasteiger partial charge in [0.05, 0.1) is 13.2 Å². The number of nitrogens with zero attached hydrogens (tertiary/aromatic N) is 1. The number of amides is 1. The summed E-state index contributed by atoms with van der Waals surface area (Å²) in [7, 11) is 0. The van der Waals surface area contributed by atoms with Crippen molar-refractivity contribution in [3.63, 3.8) is 0 Å². The van der Waals surface area contributed by atoms with Crippen LogP contribution in [0.2, 0.25) is 0 Å². The molecule has 0 radical (unpaired) electrons. The predicted octanol–water partition coefficient (Wildman–Crippen LogP) is 4.12. The molecule has 0 saturated heterocycles. The average molecular weight is 354 g/mol. The highest BCUT2D eigenvalue weighted by atomic mass is 16.5. The highest BCUT2D eigenvalue weighted by molar-refractivity contribution is 6.05. The lowest BCUT2D eigenvalue weighted by molar-refractivity contribution is 0.102. The summed E-state index contributed by atoms with van der Waals surface area (Å²) in [5.74, 6) is 1.09. The topological polar surface area (TPSA) is 50.8 Å². The molecule has 1 aliphatic heterocycles. The van der Waals surface area contributed by atoms with Gasteiger partial charge >= 0.3 is 0 Å². The fraction of sp³-hybridized carbons (Fsp3) is 0.381. The summed E-state index contributed by atoms with van der Waals surface area (Å²) in [6, 6.07) is 11.4. The van der Waals surface area contributed by atoms with Gasteiger partial charge in [0.2, 0.25) is 0 Å². The van der Waals surface area contributed by atoms with Crippen molar-refractivity contribution in [1.29, 1.82) is 0 Å². The molecule has 0 spiro atoms. The van der Waals surface area contributed by atoms with E-state index in [9.17, 15) is 4.79 Å². The van der Waals surface area contributed by atoms with Crippen LogP contribution in [0.15, 0.2) is 36.4 Å². The minimum absolute atomic E-state index is 0.157. The van der Waals surface area contributed by atoms with Crippen LogP contribution in [0.4, 0.5) is 11.4 Å². The van der Waals surface area contributed by atoms with Gasteiger partial charge in [-0.1, -0.05) is 6.07 Å². The Balaban J connectivity index is 1.79. The molecule has 3 rings (SSSR count). The Kier molecular flexibility index (Phi) is 5.66. The number of likely N-dealkylation sites (N-methyl/N-ethyl adjacent to an activating group) is 1. The summed E-state index contributed by atoms with van der Waals surface area (Å²) in [5.41, 5.74) is 3.90. The van der Waals surface area contributed by atoms with Crippen LogP contribution in [0, 0.1) is 0 Å². The van der Waals surface area contributed by atoms with Gasteiger partial charge in [0.25, 0.3) is 5.91 Å². The normalized spacial score (nSPS) is 12.7. The molecule has 1 N–H and O–H groups in total. The second-order valence-corrected chi connectivity index (χ2v) is 6.15. The maximum absolute atomic E-state index is 12.7. The first-order valence-electron chi connectivity index (χ1n) is 9.25. The number of hydrogen-bond donors (Lipinski definition) is 1. The molecule has 138 valence electrons. The van der Waals surface area contributed by atoms with Gasteiger partial charge in [-0.05, 0) is 63.1 Å². The molecule has 1 amide bonds. The van der Waals surface area contributed by atoms with Gasteiger partial charge in [-0.15, -0.1) is 0 Å². The third-order valence-electron chi connectivity index (χ3n) is 4.52. The Morgan fingerprint density at radius 3 is 2.54 bits per heavy atom. The molecular weight excluding hydrogens is 328 g/mol. The molecule has 5 nitrogen and oxygen atoms in total. The van der Waals surface area contributed by atoms with Gasteiger partial charge in [-0.3, -0.25) is 4.79 Å². The zero-order valence-corrected chi connectivity index (χ0v) is 15.7. The molecule has 0 aliphatic carbocycles. The monoisotopic (exact) mass is 354 g/mol. The summed E-state index contributed by atoms with van der Waals surface area (Å²) < 4.78 is 11.2. The van der Waals surface area contributed by atoms with E-state index in [2.05, 4.69) is 29.3 Å². The summed E-state index contributed by atoms with van der Waals surface area (Å²) in [6.07, 6.45) is 1.06. The molecule has 1 heterocycles. The van der Waals surface area contributed by atoms with E-state index in [-0.39, 0.29) is 5.91 Å². The van der Waals surface area contributed by atoms with E-state index in [4.69, 9.17) is 9.47 Å². The summed E-state index contributed by atoms with van der Waals surface area (Å²) >= 11 is 0. The SMILES string of the molecule is CCOc1ccc(C(=O)Nc2ccc3c(c2)N(CC)CC3)cc1OCC. The van der Waals surface area contributed by atoms with E-state index in [1.165, 1.54) is 11.3 Å². The van der Waals surface area contributed by atoms with Crippen LogP contribution in [-0.2, 0) is 6.42 Å². The van der Waals surface area contributed by atoms with Gasteiger partial charge in [-0.2, -0.15) is 0 Å². The molecule has 0 unspecified atom stereocenters. The molecule has 0 saturated carbocycles. The van der Waals surface area contributed by atoms with Crippen LogP contribution in [-0.4, -0.2) is 32.2 Å².